The summed E-state index contributed by atoms with van der Waals surface area (Å²) in [7, 11) is 0. The summed E-state index contributed by atoms with van der Waals surface area (Å²) in [6.07, 6.45) is 1.22. The third-order valence-electron chi connectivity index (χ3n) is 2.60. The summed E-state index contributed by atoms with van der Waals surface area (Å²) >= 11 is 0. The monoisotopic (exact) mass is 170 g/mol. The lowest BCUT2D eigenvalue weighted by molar-refractivity contribution is -0.131. The maximum absolute atomic E-state index is 11.6. The van der Waals surface area contributed by atoms with Crippen LogP contribution in [0.4, 0.5) is 0 Å². The fraction of sp³-hybridized carbons (Fsp3) is 0.889. The highest BCUT2D eigenvalue weighted by atomic mass is 16.2. The normalized spacial score (nSPS) is 32.7. The lowest BCUT2D eigenvalue weighted by atomic mass is 10.2. The lowest BCUT2D eigenvalue weighted by Crippen LogP contribution is -2.41. The smallest absolute Gasteiger partial charge is 0.240 e. The first kappa shape index (κ1) is 9.52. The van der Waals surface area contributed by atoms with Crippen LogP contribution in [-0.2, 0) is 4.79 Å². The number of hydrogen-bond donors (Lipinski definition) is 1. The molecule has 0 aromatic heterocycles. The van der Waals surface area contributed by atoms with Crippen molar-refractivity contribution >= 4 is 5.91 Å². The minimum absolute atomic E-state index is 0.00556. The summed E-state index contributed by atoms with van der Waals surface area (Å²) < 4.78 is 0. The van der Waals surface area contributed by atoms with E-state index in [0.717, 1.165) is 6.42 Å². The van der Waals surface area contributed by atoms with Gasteiger partial charge >= 0.3 is 0 Å². The van der Waals surface area contributed by atoms with Crippen molar-refractivity contribution in [2.75, 3.05) is 0 Å². The van der Waals surface area contributed by atoms with Crippen LogP contribution < -0.4 is 5.32 Å². The van der Waals surface area contributed by atoms with E-state index in [4.69, 9.17) is 0 Å². The number of rotatable bonds is 2. The number of carbonyl (C=O) groups excluding carboxylic acids is 1. The molecular formula is C9H18N2O. The molecule has 0 aromatic carbocycles. The molecule has 1 heterocycles. The first-order valence-electron chi connectivity index (χ1n) is 4.66. The van der Waals surface area contributed by atoms with Crippen LogP contribution in [0, 0.1) is 0 Å². The Kier molecular flexibility index (Phi) is 2.73. The van der Waals surface area contributed by atoms with Gasteiger partial charge in [0.25, 0.3) is 0 Å². The number of hydrogen-bond acceptors (Lipinski definition) is 2. The summed E-state index contributed by atoms with van der Waals surface area (Å²) in [6, 6.07) is 0.346. The highest BCUT2D eigenvalue weighted by Crippen LogP contribution is 2.15. The zero-order chi connectivity index (χ0) is 9.30. The molecule has 1 saturated heterocycles. The Morgan fingerprint density at radius 1 is 1.58 bits per heavy atom. The minimum atomic E-state index is -0.00556. The first-order valence-corrected chi connectivity index (χ1v) is 4.66. The molecule has 1 aliphatic rings. The van der Waals surface area contributed by atoms with Crippen LogP contribution in [-0.4, -0.2) is 29.1 Å². The van der Waals surface area contributed by atoms with Crippen molar-refractivity contribution in [1.29, 1.82) is 0 Å². The molecule has 12 heavy (non-hydrogen) atoms. The molecule has 70 valence electrons. The number of nitrogens with one attached hydrogen (secondary N) is 1. The van der Waals surface area contributed by atoms with Crippen LogP contribution in [0.3, 0.4) is 0 Å². The Balaban J connectivity index is 2.69. The van der Waals surface area contributed by atoms with E-state index in [1.807, 2.05) is 18.7 Å². The van der Waals surface area contributed by atoms with Gasteiger partial charge in [0.1, 0.15) is 0 Å². The minimum Gasteiger partial charge on any atom is -0.323 e. The van der Waals surface area contributed by atoms with E-state index in [-0.39, 0.29) is 18.1 Å². The quantitative estimate of drug-likeness (QED) is 0.669. The highest BCUT2D eigenvalue weighted by Gasteiger charge is 2.35. The van der Waals surface area contributed by atoms with E-state index < -0.39 is 0 Å². The van der Waals surface area contributed by atoms with E-state index in [1.165, 1.54) is 0 Å². The predicted molar refractivity (Wildman–Crippen MR) is 48.7 cm³/mol. The molecule has 0 bridgehead atoms. The summed E-state index contributed by atoms with van der Waals surface area (Å²) in [5.41, 5.74) is 0. The third-order valence-corrected chi connectivity index (χ3v) is 2.60. The number of carbonyl (C=O) groups is 1. The average Bonchev–Trinajstić information content (AvgIpc) is 2.26. The largest absolute Gasteiger partial charge is 0.323 e. The van der Waals surface area contributed by atoms with E-state index in [2.05, 4.69) is 19.2 Å². The fourth-order valence-electron chi connectivity index (χ4n) is 1.72. The van der Waals surface area contributed by atoms with Crippen LogP contribution in [0.15, 0.2) is 0 Å². The van der Waals surface area contributed by atoms with Gasteiger partial charge in [-0.3, -0.25) is 10.1 Å². The van der Waals surface area contributed by atoms with E-state index in [0.29, 0.717) is 6.04 Å². The van der Waals surface area contributed by atoms with Crippen LogP contribution in [0.2, 0.25) is 0 Å². The highest BCUT2D eigenvalue weighted by molar-refractivity contribution is 5.84. The average molecular weight is 170 g/mol. The Bertz CT molecular complexity index is 177. The molecule has 1 aliphatic heterocycles. The number of amides is 1. The molecule has 3 atom stereocenters. The van der Waals surface area contributed by atoms with Crippen molar-refractivity contribution in [2.45, 2.75) is 52.4 Å². The van der Waals surface area contributed by atoms with Gasteiger partial charge in [0.15, 0.2) is 0 Å². The lowest BCUT2D eigenvalue weighted by Gasteiger charge is -2.27. The van der Waals surface area contributed by atoms with E-state index >= 15 is 0 Å². The summed E-state index contributed by atoms with van der Waals surface area (Å²) in [5.74, 6) is 0.233. The molecule has 1 rings (SSSR count). The van der Waals surface area contributed by atoms with Gasteiger partial charge in [0.2, 0.25) is 5.91 Å². The van der Waals surface area contributed by atoms with Crippen LogP contribution in [0.1, 0.15) is 34.1 Å². The van der Waals surface area contributed by atoms with Crippen molar-refractivity contribution in [3.05, 3.63) is 0 Å². The van der Waals surface area contributed by atoms with Gasteiger partial charge in [-0.05, 0) is 27.2 Å². The van der Waals surface area contributed by atoms with Crippen molar-refractivity contribution in [1.82, 2.24) is 10.2 Å². The topological polar surface area (TPSA) is 32.3 Å². The van der Waals surface area contributed by atoms with Crippen molar-refractivity contribution < 1.29 is 4.79 Å². The molecular weight excluding hydrogens is 152 g/mol. The maximum Gasteiger partial charge on any atom is 0.240 e. The van der Waals surface area contributed by atoms with Crippen LogP contribution in [0.5, 0.6) is 0 Å². The third kappa shape index (κ3) is 1.46. The standard InChI is InChI=1S/C9H18N2O/c1-5-6(2)11-8(4)10-7(3)9(11)12/h6-8,10H,5H2,1-4H3. The molecule has 3 nitrogen and oxygen atoms in total. The second kappa shape index (κ2) is 3.44. The molecule has 1 fully saturated rings. The molecule has 1 N–H and O–H groups in total. The summed E-state index contributed by atoms with van der Waals surface area (Å²) in [5, 5.41) is 3.21. The Labute approximate surface area is 74.1 Å². The Hall–Kier alpha value is -0.570. The molecule has 3 heteroatoms. The summed E-state index contributed by atoms with van der Waals surface area (Å²) in [6.45, 7) is 8.15. The van der Waals surface area contributed by atoms with Gasteiger partial charge in [0, 0.05) is 6.04 Å². The molecule has 0 aromatic rings. The molecule has 0 radical (unpaired) electrons. The zero-order valence-electron chi connectivity index (χ0n) is 8.29. The first-order chi connectivity index (χ1) is 5.57. The maximum atomic E-state index is 11.6. The molecule has 0 spiro atoms. The molecule has 0 aliphatic carbocycles. The van der Waals surface area contributed by atoms with Crippen molar-refractivity contribution in [3.63, 3.8) is 0 Å². The number of nitrogens with zero attached hydrogens (tertiary/aromatic N) is 1. The van der Waals surface area contributed by atoms with Gasteiger partial charge in [-0.1, -0.05) is 6.92 Å². The van der Waals surface area contributed by atoms with Crippen LogP contribution in [0.25, 0.3) is 0 Å². The zero-order valence-corrected chi connectivity index (χ0v) is 8.29. The van der Waals surface area contributed by atoms with Gasteiger partial charge in [-0.15, -0.1) is 0 Å². The molecule has 3 unspecified atom stereocenters. The Morgan fingerprint density at radius 3 is 2.50 bits per heavy atom. The molecule has 0 saturated carbocycles. The second-order valence-corrected chi connectivity index (χ2v) is 3.57. The van der Waals surface area contributed by atoms with Gasteiger partial charge in [-0.25, -0.2) is 0 Å². The second-order valence-electron chi connectivity index (χ2n) is 3.57. The van der Waals surface area contributed by atoms with Gasteiger partial charge in [-0.2, -0.15) is 0 Å². The van der Waals surface area contributed by atoms with Gasteiger partial charge < -0.3 is 4.90 Å². The van der Waals surface area contributed by atoms with Crippen molar-refractivity contribution in [3.8, 4) is 0 Å². The van der Waals surface area contributed by atoms with Crippen molar-refractivity contribution in [2.24, 2.45) is 0 Å². The van der Waals surface area contributed by atoms with Gasteiger partial charge in [0.05, 0.1) is 12.2 Å². The molecule has 1 amide bonds. The van der Waals surface area contributed by atoms with Crippen LogP contribution >= 0.6 is 0 Å². The summed E-state index contributed by atoms with van der Waals surface area (Å²) in [4.78, 5) is 13.5. The predicted octanol–water partition coefficient (Wildman–Crippen LogP) is 0.951. The van der Waals surface area contributed by atoms with E-state index in [9.17, 15) is 4.79 Å². The SMILES string of the molecule is CCC(C)N1C(=O)C(C)NC1C. The Morgan fingerprint density at radius 2 is 2.17 bits per heavy atom. The van der Waals surface area contributed by atoms with E-state index in [1.54, 1.807) is 0 Å². The fourth-order valence-corrected chi connectivity index (χ4v) is 1.72.